The Balaban J connectivity index is 0.00000112. The zero-order chi connectivity index (χ0) is 28.2. The standard InChI is InChI=1S/C27H31ClN4O3S.C2H3N/c1-27(2,3)35-26(33)32-13-11-31(12-14-32)24-19-16-34-22(15-21(19)29-25(30-24)36-4)18-9-5-7-17-8-6-10-20(28)23(17)18;1-2-3/h5-10,22H,11-16H2,1-4H3;1H3. The average molecular weight is 568 g/mol. The molecule has 0 N–H and O–H groups in total. The summed E-state index contributed by atoms with van der Waals surface area (Å²) in [5.41, 5.74) is 2.62. The number of piperazine rings is 1. The fourth-order valence-corrected chi connectivity index (χ4v) is 5.47. The summed E-state index contributed by atoms with van der Waals surface area (Å²) in [5, 5.41) is 10.9. The molecule has 0 bridgehead atoms. The predicted octanol–water partition coefficient (Wildman–Crippen LogP) is 6.41. The third-order valence-electron chi connectivity index (χ3n) is 6.50. The van der Waals surface area contributed by atoms with Gasteiger partial charge in [-0.3, -0.25) is 0 Å². The summed E-state index contributed by atoms with van der Waals surface area (Å²) in [4.78, 5) is 26.2. The summed E-state index contributed by atoms with van der Waals surface area (Å²) in [6, 6.07) is 13.9. The van der Waals surface area contributed by atoms with Crippen LogP contribution in [0.4, 0.5) is 10.6 Å². The van der Waals surface area contributed by atoms with Crippen molar-refractivity contribution in [2.75, 3.05) is 37.3 Å². The number of anilines is 1. The maximum atomic E-state index is 12.5. The molecule has 2 aliphatic heterocycles. The van der Waals surface area contributed by atoms with Crippen LogP contribution in [0, 0.1) is 11.3 Å². The highest BCUT2D eigenvalue weighted by atomic mass is 35.5. The first-order chi connectivity index (χ1) is 18.6. The van der Waals surface area contributed by atoms with Crippen LogP contribution in [0.5, 0.6) is 0 Å². The Bertz CT molecular complexity index is 1370. The normalized spacial score (nSPS) is 17.1. The van der Waals surface area contributed by atoms with Crippen molar-refractivity contribution >= 4 is 46.0 Å². The number of carbonyl (C=O) groups excluding carboxylic acids is 1. The van der Waals surface area contributed by atoms with E-state index in [0.29, 0.717) is 39.2 Å². The summed E-state index contributed by atoms with van der Waals surface area (Å²) in [7, 11) is 0. The molecular formula is C29H34ClN5O3S. The van der Waals surface area contributed by atoms with Gasteiger partial charge in [0.2, 0.25) is 0 Å². The van der Waals surface area contributed by atoms with Gasteiger partial charge in [0.05, 0.1) is 24.5 Å². The smallest absolute Gasteiger partial charge is 0.410 e. The zero-order valence-corrected chi connectivity index (χ0v) is 24.6. The number of nitriles is 1. The first kappa shape index (κ1) is 28.9. The van der Waals surface area contributed by atoms with Crippen molar-refractivity contribution < 1.29 is 14.3 Å². The second-order valence-corrected chi connectivity index (χ2v) is 11.5. The quantitative estimate of drug-likeness (QED) is 0.265. The van der Waals surface area contributed by atoms with Crippen LogP contribution in [0.3, 0.4) is 0 Å². The topological polar surface area (TPSA) is 91.6 Å². The maximum Gasteiger partial charge on any atom is 0.410 e. The molecule has 0 aliphatic carbocycles. The molecule has 1 aromatic heterocycles. The van der Waals surface area contributed by atoms with Gasteiger partial charge in [-0.15, -0.1) is 0 Å². The second kappa shape index (κ2) is 12.4. The molecule has 2 aromatic carbocycles. The lowest BCUT2D eigenvalue weighted by Gasteiger charge is -2.38. The number of amides is 1. The first-order valence-corrected chi connectivity index (χ1v) is 14.5. The molecule has 39 heavy (non-hydrogen) atoms. The molecule has 2 aliphatic rings. The lowest BCUT2D eigenvalue weighted by atomic mass is 9.94. The van der Waals surface area contributed by atoms with E-state index >= 15 is 0 Å². The van der Waals surface area contributed by atoms with Crippen molar-refractivity contribution in [3.8, 4) is 6.07 Å². The van der Waals surface area contributed by atoms with Gasteiger partial charge in [0, 0.05) is 55.5 Å². The molecular weight excluding hydrogens is 534 g/mol. The van der Waals surface area contributed by atoms with Crippen LogP contribution in [0.2, 0.25) is 5.02 Å². The molecule has 206 valence electrons. The predicted molar refractivity (Wildman–Crippen MR) is 155 cm³/mol. The fraction of sp³-hybridized carbons (Fsp3) is 0.448. The maximum absolute atomic E-state index is 12.5. The molecule has 5 rings (SSSR count). The number of rotatable bonds is 3. The van der Waals surface area contributed by atoms with E-state index in [9.17, 15) is 4.79 Å². The molecule has 1 fully saturated rings. The first-order valence-electron chi connectivity index (χ1n) is 12.9. The Kier molecular flexibility index (Phi) is 9.21. The van der Waals surface area contributed by atoms with Gasteiger partial charge >= 0.3 is 6.09 Å². The molecule has 1 saturated heterocycles. The Morgan fingerprint density at radius 2 is 1.82 bits per heavy atom. The number of hydrogen-bond donors (Lipinski definition) is 0. The number of nitrogens with zero attached hydrogens (tertiary/aromatic N) is 5. The van der Waals surface area contributed by atoms with E-state index in [4.69, 9.17) is 36.3 Å². The Morgan fingerprint density at radius 3 is 2.46 bits per heavy atom. The Morgan fingerprint density at radius 1 is 1.15 bits per heavy atom. The molecule has 0 spiro atoms. The van der Waals surface area contributed by atoms with Crippen molar-refractivity contribution in [3.05, 3.63) is 58.2 Å². The van der Waals surface area contributed by atoms with E-state index in [-0.39, 0.29) is 12.2 Å². The van der Waals surface area contributed by atoms with Crippen LogP contribution in [0.25, 0.3) is 10.8 Å². The lowest BCUT2D eigenvalue weighted by molar-refractivity contribution is 0.0230. The minimum Gasteiger partial charge on any atom is -0.444 e. The number of hydrogen-bond acceptors (Lipinski definition) is 8. The van der Waals surface area contributed by atoms with Gasteiger partial charge in [-0.25, -0.2) is 14.8 Å². The van der Waals surface area contributed by atoms with Gasteiger partial charge in [0.1, 0.15) is 11.4 Å². The van der Waals surface area contributed by atoms with Crippen LogP contribution in [0.1, 0.15) is 50.6 Å². The van der Waals surface area contributed by atoms with Crippen molar-refractivity contribution in [1.29, 1.82) is 5.26 Å². The van der Waals surface area contributed by atoms with Gasteiger partial charge in [-0.05, 0) is 44.0 Å². The van der Waals surface area contributed by atoms with Crippen molar-refractivity contribution in [1.82, 2.24) is 14.9 Å². The monoisotopic (exact) mass is 567 g/mol. The number of aromatic nitrogens is 2. The van der Waals surface area contributed by atoms with E-state index in [1.165, 1.54) is 18.7 Å². The summed E-state index contributed by atoms with van der Waals surface area (Å²) >= 11 is 8.14. The Hall–Kier alpha value is -3.06. The lowest BCUT2D eigenvalue weighted by Crippen LogP contribution is -2.50. The van der Waals surface area contributed by atoms with Crippen LogP contribution >= 0.6 is 23.4 Å². The van der Waals surface area contributed by atoms with Crippen molar-refractivity contribution in [3.63, 3.8) is 0 Å². The summed E-state index contributed by atoms with van der Waals surface area (Å²) in [6.45, 7) is 10.0. The minimum atomic E-state index is -0.505. The van der Waals surface area contributed by atoms with E-state index in [2.05, 4.69) is 29.2 Å². The zero-order valence-electron chi connectivity index (χ0n) is 23.0. The average Bonchev–Trinajstić information content (AvgIpc) is 2.91. The molecule has 10 heteroatoms. The van der Waals surface area contributed by atoms with Crippen molar-refractivity contribution in [2.45, 2.75) is 57.6 Å². The van der Waals surface area contributed by atoms with Crippen LogP contribution in [-0.4, -0.2) is 59.0 Å². The Labute approximate surface area is 239 Å². The van der Waals surface area contributed by atoms with E-state index < -0.39 is 5.60 Å². The molecule has 3 aromatic rings. The summed E-state index contributed by atoms with van der Waals surface area (Å²) in [6.07, 6.45) is 2.24. The molecule has 1 atom stereocenters. The van der Waals surface area contributed by atoms with Gasteiger partial charge in [0.15, 0.2) is 5.16 Å². The van der Waals surface area contributed by atoms with Gasteiger partial charge < -0.3 is 19.3 Å². The van der Waals surface area contributed by atoms with Crippen LogP contribution < -0.4 is 4.90 Å². The van der Waals surface area contributed by atoms with Crippen molar-refractivity contribution in [2.24, 2.45) is 0 Å². The number of fused-ring (bicyclic) bond motifs is 2. The highest BCUT2D eigenvalue weighted by Crippen LogP contribution is 2.39. The number of carbonyl (C=O) groups is 1. The largest absolute Gasteiger partial charge is 0.444 e. The molecule has 8 nitrogen and oxygen atoms in total. The van der Waals surface area contributed by atoms with Gasteiger partial charge in [-0.1, -0.05) is 53.7 Å². The second-order valence-electron chi connectivity index (χ2n) is 10.3. The number of thioether (sulfide) groups is 1. The highest BCUT2D eigenvalue weighted by Gasteiger charge is 2.31. The van der Waals surface area contributed by atoms with Gasteiger partial charge in [-0.2, -0.15) is 5.26 Å². The third-order valence-corrected chi connectivity index (χ3v) is 7.37. The minimum absolute atomic E-state index is 0.137. The van der Waals surface area contributed by atoms with E-state index in [0.717, 1.165) is 43.6 Å². The third kappa shape index (κ3) is 6.75. The highest BCUT2D eigenvalue weighted by molar-refractivity contribution is 7.98. The number of ether oxygens (including phenoxy) is 2. The fourth-order valence-electron chi connectivity index (χ4n) is 4.80. The number of halogens is 1. The molecule has 0 radical (unpaired) electrons. The summed E-state index contributed by atoms with van der Waals surface area (Å²) < 4.78 is 12.0. The van der Waals surface area contributed by atoms with Crippen LogP contribution in [0.15, 0.2) is 41.6 Å². The molecule has 0 saturated carbocycles. The van der Waals surface area contributed by atoms with Gasteiger partial charge in [0.25, 0.3) is 0 Å². The molecule has 1 amide bonds. The van der Waals surface area contributed by atoms with Crippen LogP contribution in [-0.2, 0) is 22.5 Å². The SMILES string of the molecule is CC#N.CSc1nc2c(c(N3CCN(C(=O)OC(C)(C)C)CC3)n1)COC(c1cccc3cccc(Cl)c13)C2. The van der Waals surface area contributed by atoms with E-state index in [1.807, 2.05) is 39.2 Å². The van der Waals surface area contributed by atoms with E-state index in [1.54, 1.807) is 11.0 Å². The molecule has 1 unspecified atom stereocenters. The summed E-state index contributed by atoms with van der Waals surface area (Å²) in [5.74, 6) is 0.905. The molecule has 3 heterocycles. The number of benzene rings is 2.